The molecule has 0 aliphatic carbocycles. The Balaban J connectivity index is 1.63. The van der Waals surface area contributed by atoms with E-state index in [1.54, 1.807) is 47.4 Å². The van der Waals surface area contributed by atoms with Crippen LogP contribution < -0.4 is 20.1 Å². The van der Waals surface area contributed by atoms with Crippen molar-refractivity contribution in [3.8, 4) is 11.5 Å². The third-order valence-electron chi connectivity index (χ3n) is 5.31. The number of carbonyl (C=O) groups is 2. The normalized spacial score (nSPS) is 15.0. The van der Waals surface area contributed by atoms with Crippen LogP contribution in [0.15, 0.2) is 42.5 Å². The van der Waals surface area contributed by atoms with Gasteiger partial charge in [-0.15, -0.1) is 0 Å². The van der Waals surface area contributed by atoms with Gasteiger partial charge in [0.1, 0.15) is 11.5 Å². The van der Waals surface area contributed by atoms with Gasteiger partial charge in [0, 0.05) is 43.9 Å². The molecule has 0 atom stereocenters. The summed E-state index contributed by atoms with van der Waals surface area (Å²) in [5.41, 5.74) is 1.18. The van der Waals surface area contributed by atoms with Crippen LogP contribution in [0.25, 0.3) is 0 Å². The lowest BCUT2D eigenvalue weighted by Crippen LogP contribution is -2.50. The number of methoxy groups -OCH3 is 2. The van der Waals surface area contributed by atoms with Crippen molar-refractivity contribution >= 4 is 23.2 Å². The van der Waals surface area contributed by atoms with Gasteiger partial charge >= 0.3 is 6.18 Å². The molecule has 2 N–H and O–H groups in total. The van der Waals surface area contributed by atoms with E-state index in [1.165, 1.54) is 19.1 Å². The standard InChI is InChI=1S/C23H27F3N4O4/c1-33-19-13-18(28-22(32)16-6-4-3-5-7-16)20(34-2)12-17(19)27-21(31)14-29-8-10-30(11-9-29)15-23(24,25)26/h3-7,12-13H,8-11,14-15H2,1-2H3,(H,27,31)(H,28,32). The lowest BCUT2D eigenvalue weighted by Gasteiger charge is -2.34. The smallest absolute Gasteiger partial charge is 0.401 e. The monoisotopic (exact) mass is 480 g/mol. The van der Waals surface area contributed by atoms with Crippen LogP contribution in [0.5, 0.6) is 11.5 Å². The summed E-state index contributed by atoms with van der Waals surface area (Å²) >= 11 is 0. The maximum Gasteiger partial charge on any atom is 0.401 e. The summed E-state index contributed by atoms with van der Waals surface area (Å²) in [6, 6.07) is 11.8. The van der Waals surface area contributed by atoms with Gasteiger partial charge in [-0.05, 0) is 12.1 Å². The zero-order chi connectivity index (χ0) is 24.7. The van der Waals surface area contributed by atoms with Crippen LogP contribution in [-0.4, -0.2) is 81.3 Å². The molecular formula is C23H27F3N4O4. The second-order valence-corrected chi connectivity index (χ2v) is 7.79. The number of hydrogen-bond donors (Lipinski definition) is 2. The van der Waals surface area contributed by atoms with Gasteiger partial charge in [0.2, 0.25) is 5.91 Å². The Morgan fingerprint density at radius 3 is 1.94 bits per heavy atom. The second kappa shape index (κ2) is 11.2. The van der Waals surface area contributed by atoms with E-state index in [-0.39, 0.29) is 31.4 Å². The first-order chi connectivity index (χ1) is 16.2. The maximum absolute atomic E-state index is 12.6. The average Bonchev–Trinajstić information content (AvgIpc) is 2.80. The van der Waals surface area contributed by atoms with E-state index in [0.717, 1.165) is 0 Å². The Morgan fingerprint density at radius 1 is 0.882 bits per heavy atom. The molecule has 1 saturated heterocycles. The number of rotatable bonds is 8. The molecule has 0 spiro atoms. The summed E-state index contributed by atoms with van der Waals surface area (Å²) in [7, 11) is 2.87. The summed E-state index contributed by atoms with van der Waals surface area (Å²) in [5.74, 6) is -0.0400. The van der Waals surface area contributed by atoms with Crippen LogP contribution in [0, 0.1) is 0 Å². The van der Waals surface area contributed by atoms with Gasteiger partial charge in [-0.25, -0.2) is 0 Å². The molecule has 34 heavy (non-hydrogen) atoms. The first-order valence-electron chi connectivity index (χ1n) is 10.6. The first kappa shape index (κ1) is 25.3. The molecule has 2 amide bonds. The molecule has 0 radical (unpaired) electrons. The van der Waals surface area contributed by atoms with Crippen molar-refractivity contribution in [1.82, 2.24) is 9.80 Å². The number of carbonyl (C=O) groups excluding carboxylic acids is 2. The van der Waals surface area contributed by atoms with E-state index < -0.39 is 12.7 Å². The predicted octanol–water partition coefficient (Wildman–Crippen LogP) is 3.07. The number of ether oxygens (including phenoxy) is 2. The van der Waals surface area contributed by atoms with Crippen molar-refractivity contribution in [2.75, 3.05) is 64.1 Å². The van der Waals surface area contributed by atoms with Crippen LogP contribution in [0.4, 0.5) is 24.5 Å². The van der Waals surface area contributed by atoms with Gasteiger partial charge in [-0.2, -0.15) is 13.2 Å². The SMILES string of the molecule is COc1cc(NC(=O)c2ccccc2)c(OC)cc1NC(=O)CN1CCN(CC(F)(F)F)CC1. The highest BCUT2D eigenvalue weighted by Gasteiger charge is 2.32. The van der Waals surface area contributed by atoms with Crippen molar-refractivity contribution in [2.45, 2.75) is 6.18 Å². The summed E-state index contributed by atoms with van der Waals surface area (Å²) in [4.78, 5) is 28.2. The number of anilines is 2. The first-order valence-corrected chi connectivity index (χ1v) is 10.6. The molecule has 184 valence electrons. The molecule has 0 unspecified atom stereocenters. The number of nitrogens with one attached hydrogen (secondary N) is 2. The highest BCUT2D eigenvalue weighted by molar-refractivity contribution is 6.05. The zero-order valence-electron chi connectivity index (χ0n) is 18.9. The Labute approximate surface area is 195 Å². The fourth-order valence-electron chi connectivity index (χ4n) is 3.63. The van der Waals surface area contributed by atoms with Crippen molar-refractivity contribution in [3.05, 3.63) is 48.0 Å². The van der Waals surface area contributed by atoms with E-state index in [0.29, 0.717) is 41.5 Å². The van der Waals surface area contributed by atoms with Crippen LogP contribution in [0.2, 0.25) is 0 Å². The van der Waals surface area contributed by atoms with Gasteiger partial charge < -0.3 is 20.1 Å². The zero-order valence-corrected chi connectivity index (χ0v) is 18.9. The summed E-state index contributed by atoms with van der Waals surface area (Å²) < 4.78 is 48.4. The quantitative estimate of drug-likeness (QED) is 0.605. The number of halogens is 3. The molecule has 1 aliphatic rings. The molecule has 11 heteroatoms. The number of nitrogens with zero attached hydrogens (tertiary/aromatic N) is 2. The molecule has 2 aromatic rings. The highest BCUT2D eigenvalue weighted by Crippen LogP contribution is 2.36. The predicted molar refractivity (Wildman–Crippen MR) is 122 cm³/mol. The van der Waals surface area contributed by atoms with E-state index >= 15 is 0 Å². The summed E-state index contributed by atoms with van der Waals surface area (Å²) in [6.45, 7) is 0.261. The molecule has 0 aromatic heterocycles. The summed E-state index contributed by atoms with van der Waals surface area (Å²) in [6.07, 6.45) is -4.23. The molecule has 1 fully saturated rings. The fraction of sp³-hybridized carbons (Fsp3) is 0.391. The molecule has 1 aliphatic heterocycles. The minimum atomic E-state index is -4.23. The molecule has 3 rings (SSSR count). The average molecular weight is 480 g/mol. The third kappa shape index (κ3) is 7.09. The van der Waals surface area contributed by atoms with Gasteiger partial charge in [0.15, 0.2) is 0 Å². The van der Waals surface area contributed by atoms with Gasteiger partial charge in [-0.1, -0.05) is 18.2 Å². The second-order valence-electron chi connectivity index (χ2n) is 7.79. The van der Waals surface area contributed by atoms with Crippen molar-refractivity contribution in [1.29, 1.82) is 0 Å². The topological polar surface area (TPSA) is 83.1 Å². The number of amides is 2. The number of alkyl halides is 3. The summed E-state index contributed by atoms with van der Waals surface area (Å²) in [5, 5.41) is 5.52. The number of benzene rings is 2. The van der Waals surface area contributed by atoms with E-state index in [4.69, 9.17) is 9.47 Å². The van der Waals surface area contributed by atoms with Crippen LogP contribution in [0.3, 0.4) is 0 Å². The fourth-order valence-corrected chi connectivity index (χ4v) is 3.63. The van der Waals surface area contributed by atoms with Gasteiger partial charge in [-0.3, -0.25) is 19.4 Å². The molecule has 8 nitrogen and oxygen atoms in total. The minimum Gasteiger partial charge on any atom is -0.494 e. The van der Waals surface area contributed by atoms with E-state index in [1.807, 2.05) is 0 Å². The maximum atomic E-state index is 12.6. The van der Waals surface area contributed by atoms with Crippen LogP contribution >= 0.6 is 0 Å². The third-order valence-corrected chi connectivity index (χ3v) is 5.31. The van der Waals surface area contributed by atoms with Crippen molar-refractivity contribution < 1.29 is 32.2 Å². The molecule has 0 bridgehead atoms. The van der Waals surface area contributed by atoms with Crippen LogP contribution in [-0.2, 0) is 4.79 Å². The number of hydrogen-bond acceptors (Lipinski definition) is 6. The van der Waals surface area contributed by atoms with Gasteiger partial charge in [0.05, 0.1) is 38.7 Å². The lowest BCUT2D eigenvalue weighted by molar-refractivity contribution is -0.149. The molecule has 2 aromatic carbocycles. The molecule has 1 heterocycles. The van der Waals surface area contributed by atoms with E-state index in [2.05, 4.69) is 10.6 Å². The van der Waals surface area contributed by atoms with Crippen molar-refractivity contribution in [3.63, 3.8) is 0 Å². The Bertz CT molecular complexity index is 994. The highest BCUT2D eigenvalue weighted by atomic mass is 19.4. The van der Waals surface area contributed by atoms with Gasteiger partial charge in [0.25, 0.3) is 5.91 Å². The largest absolute Gasteiger partial charge is 0.494 e. The Kier molecular flexibility index (Phi) is 8.35. The Hall–Kier alpha value is -3.31. The molecular weight excluding hydrogens is 453 g/mol. The Morgan fingerprint density at radius 2 is 1.41 bits per heavy atom. The number of piperazine rings is 1. The van der Waals surface area contributed by atoms with Crippen molar-refractivity contribution in [2.24, 2.45) is 0 Å². The molecule has 0 saturated carbocycles. The lowest BCUT2D eigenvalue weighted by atomic mass is 10.2. The van der Waals surface area contributed by atoms with E-state index in [9.17, 15) is 22.8 Å². The van der Waals surface area contributed by atoms with Crippen LogP contribution in [0.1, 0.15) is 10.4 Å². The minimum absolute atomic E-state index is 0.0256.